The lowest BCUT2D eigenvalue weighted by Gasteiger charge is -2.29. The van der Waals surface area contributed by atoms with Gasteiger partial charge in [0.15, 0.2) is 5.84 Å². The molecule has 10 nitrogen and oxygen atoms in total. The van der Waals surface area contributed by atoms with Crippen LogP contribution in [0.1, 0.15) is 18.7 Å². The molecule has 1 aliphatic heterocycles. The highest BCUT2D eigenvalue weighted by Crippen LogP contribution is 2.22. The van der Waals surface area contributed by atoms with Crippen LogP contribution < -0.4 is 21.3 Å². The summed E-state index contributed by atoms with van der Waals surface area (Å²) in [5.74, 6) is 1.12. The number of nitrogens with zero attached hydrogens (tertiary/aromatic N) is 6. The Morgan fingerprint density at radius 1 is 1.27 bits per heavy atom. The Morgan fingerprint density at radius 3 is 2.63 bits per heavy atom. The monoisotopic (exact) mass is 412 g/mol. The van der Waals surface area contributed by atoms with Gasteiger partial charge in [0.25, 0.3) is 0 Å². The predicted octanol–water partition coefficient (Wildman–Crippen LogP) is 1.56. The molecule has 10 heteroatoms. The number of benzene rings is 1. The first-order chi connectivity index (χ1) is 14.5. The first kappa shape index (κ1) is 21.3. The zero-order valence-corrected chi connectivity index (χ0v) is 17.4. The van der Waals surface area contributed by atoms with E-state index in [9.17, 15) is 0 Å². The summed E-state index contributed by atoms with van der Waals surface area (Å²) >= 11 is 0. The van der Waals surface area contributed by atoms with Gasteiger partial charge in [0.05, 0.1) is 0 Å². The highest BCUT2D eigenvalue weighted by molar-refractivity contribution is 6.02. The largest absolute Gasteiger partial charge is 0.384 e. The van der Waals surface area contributed by atoms with Crippen LogP contribution in [0.25, 0.3) is 0 Å². The van der Waals surface area contributed by atoms with Gasteiger partial charge >= 0.3 is 6.01 Å². The Bertz CT molecular complexity index is 901. The molecule has 1 aliphatic rings. The zero-order valence-electron chi connectivity index (χ0n) is 17.4. The number of hydrogen-bond donors (Lipinski definition) is 2. The minimum absolute atomic E-state index is 0.0238. The number of hydrogen-bond acceptors (Lipinski definition) is 7. The minimum Gasteiger partial charge on any atom is -0.384 e. The normalized spacial score (nSPS) is 16.0. The number of methoxy groups -OCH3 is 1. The van der Waals surface area contributed by atoms with Crippen LogP contribution in [0.3, 0.4) is 0 Å². The van der Waals surface area contributed by atoms with Crippen LogP contribution in [0.4, 0.5) is 11.7 Å². The molecule has 0 bridgehead atoms. The second kappa shape index (κ2) is 9.88. The smallest absolute Gasteiger partial charge is 0.324 e. The second-order valence-electron chi connectivity index (χ2n) is 7.06. The van der Waals surface area contributed by atoms with Crippen molar-refractivity contribution in [3.05, 3.63) is 48.6 Å². The Labute approximate surface area is 175 Å². The number of ether oxygens (including phenoxy) is 1. The van der Waals surface area contributed by atoms with Crippen LogP contribution in [0, 0.1) is 5.92 Å². The summed E-state index contributed by atoms with van der Waals surface area (Å²) in [6.07, 6.45) is 2.01. The van der Waals surface area contributed by atoms with E-state index >= 15 is 0 Å². The van der Waals surface area contributed by atoms with Gasteiger partial charge in [0.1, 0.15) is 5.82 Å². The molecule has 0 aliphatic carbocycles. The zero-order chi connectivity index (χ0) is 21.5. The molecule has 0 amide bonds. The number of anilines is 2. The highest BCUT2D eigenvalue weighted by Gasteiger charge is 2.23. The Hall–Kier alpha value is -3.40. The Kier molecular flexibility index (Phi) is 7.02. The maximum Gasteiger partial charge on any atom is 0.324 e. The standard InChI is InChI=1S/C20H28N8O2/c1-14(27(2)16-7-5-4-6-8-16)23-19(22)24-17(21)18-25-20(30-26-18)28-11-9-15(10-12-28)13-29-3/h4-8,15H,1,9-13H2,2-3H3,(H4,21,22,23,24). The molecule has 0 radical (unpaired) electrons. The summed E-state index contributed by atoms with van der Waals surface area (Å²) in [5.41, 5.74) is 12.8. The van der Waals surface area contributed by atoms with Crippen molar-refractivity contribution >= 4 is 23.5 Å². The number of nitrogens with two attached hydrogens (primary N) is 2. The fourth-order valence-corrected chi connectivity index (χ4v) is 3.18. The van der Waals surface area contributed by atoms with Crippen LogP contribution in [0.5, 0.6) is 0 Å². The van der Waals surface area contributed by atoms with Crippen molar-refractivity contribution in [1.29, 1.82) is 0 Å². The van der Waals surface area contributed by atoms with Crippen molar-refractivity contribution in [2.24, 2.45) is 27.4 Å². The minimum atomic E-state index is -0.0491. The van der Waals surface area contributed by atoms with Crippen molar-refractivity contribution < 1.29 is 9.26 Å². The summed E-state index contributed by atoms with van der Waals surface area (Å²) in [4.78, 5) is 16.4. The summed E-state index contributed by atoms with van der Waals surface area (Å²) in [7, 11) is 3.56. The number of rotatable bonds is 7. The third-order valence-electron chi connectivity index (χ3n) is 4.94. The molecule has 3 rings (SSSR count). The van der Waals surface area contributed by atoms with Gasteiger partial charge in [-0.2, -0.15) is 15.0 Å². The first-order valence-electron chi connectivity index (χ1n) is 9.72. The van der Waals surface area contributed by atoms with Gasteiger partial charge in [-0.05, 0) is 30.9 Å². The summed E-state index contributed by atoms with van der Waals surface area (Å²) in [5, 5.41) is 3.91. The van der Waals surface area contributed by atoms with E-state index in [0.29, 0.717) is 17.8 Å². The van der Waals surface area contributed by atoms with Crippen molar-refractivity contribution in [3.8, 4) is 0 Å². The van der Waals surface area contributed by atoms with Crippen LogP contribution >= 0.6 is 0 Å². The molecule has 0 unspecified atom stereocenters. The number of aromatic nitrogens is 2. The van der Waals surface area contributed by atoms with Gasteiger partial charge in [-0.25, -0.2) is 0 Å². The number of para-hydroxylation sites is 1. The van der Waals surface area contributed by atoms with Crippen LogP contribution in [0.15, 0.2) is 57.2 Å². The Morgan fingerprint density at radius 2 is 1.97 bits per heavy atom. The third kappa shape index (κ3) is 5.35. The second-order valence-corrected chi connectivity index (χ2v) is 7.06. The number of piperidine rings is 1. The molecule has 0 saturated carbocycles. The average Bonchev–Trinajstić information content (AvgIpc) is 3.25. The first-order valence-corrected chi connectivity index (χ1v) is 9.72. The van der Waals surface area contributed by atoms with Gasteiger partial charge in [0.2, 0.25) is 11.8 Å². The average molecular weight is 412 g/mol. The van der Waals surface area contributed by atoms with Gasteiger partial charge in [-0.15, -0.1) is 0 Å². The molecular formula is C20H28N8O2. The molecule has 1 saturated heterocycles. The summed E-state index contributed by atoms with van der Waals surface area (Å²) in [6, 6.07) is 10.1. The molecule has 0 atom stereocenters. The van der Waals surface area contributed by atoms with Crippen molar-refractivity contribution in [3.63, 3.8) is 0 Å². The number of amidine groups is 1. The molecule has 2 aromatic rings. The quantitative estimate of drug-likeness (QED) is 0.517. The van der Waals surface area contributed by atoms with Gasteiger partial charge in [0, 0.05) is 39.5 Å². The van der Waals surface area contributed by atoms with Gasteiger partial charge < -0.3 is 30.5 Å². The SMILES string of the molecule is C=C(/N=C(N)\N=C(/N)c1noc(N2CCC(COC)CC2)n1)N(C)c1ccccc1. The maximum atomic E-state index is 5.99. The molecule has 1 fully saturated rings. The molecule has 30 heavy (non-hydrogen) atoms. The maximum absolute atomic E-state index is 5.99. The summed E-state index contributed by atoms with van der Waals surface area (Å²) in [6.45, 7) is 6.33. The molecule has 1 aromatic carbocycles. The van der Waals surface area contributed by atoms with Crippen LogP contribution in [0.2, 0.25) is 0 Å². The highest BCUT2D eigenvalue weighted by atomic mass is 16.5. The number of aliphatic imine (C=N–C) groups is 2. The molecule has 2 heterocycles. The predicted molar refractivity (Wildman–Crippen MR) is 117 cm³/mol. The number of guanidine groups is 1. The third-order valence-corrected chi connectivity index (χ3v) is 4.94. The topological polar surface area (TPSA) is 131 Å². The van der Waals surface area contributed by atoms with Crippen molar-refractivity contribution in [2.45, 2.75) is 12.8 Å². The van der Waals surface area contributed by atoms with E-state index in [0.717, 1.165) is 38.2 Å². The van der Waals surface area contributed by atoms with E-state index in [1.165, 1.54) is 0 Å². The van der Waals surface area contributed by atoms with E-state index in [1.807, 2.05) is 42.3 Å². The van der Waals surface area contributed by atoms with E-state index in [1.54, 1.807) is 12.0 Å². The fraction of sp³-hybridized carbons (Fsp3) is 0.400. The van der Waals surface area contributed by atoms with E-state index in [-0.39, 0.29) is 17.6 Å². The van der Waals surface area contributed by atoms with Crippen molar-refractivity contribution in [2.75, 3.05) is 43.7 Å². The lowest BCUT2D eigenvalue weighted by Crippen LogP contribution is -2.35. The molecule has 1 aromatic heterocycles. The molecule has 4 N–H and O–H groups in total. The molecule has 160 valence electrons. The van der Waals surface area contributed by atoms with Crippen molar-refractivity contribution in [1.82, 2.24) is 10.1 Å². The van der Waals surface area contributed by atoms with E-state index in [2.05, 4.69) is 26.7 Å². The van der Waals surface area contributed by atoms with Crippen LogP contribution in [-0.2, 0) is 4.74 Å². The Balaban J connectivity index is 1.63. The molecular weight excluding hydrogens is 384 g/mol. The van der Waals surface area contributed by atoms with E-state index < -0.39 is 0 Å². The van der Waals surface area contributed by atoms with E-state index in [4.69, 9.17) is 20.7 Å². The molecule has 0 spiro atoms. The van der Waals surface area contributed by atoms with Gasteiger partial charge in [-0.1, -0.05) is 29.9 Å². The summed E-state index contributed by atoms with van der Waals surface area (Å²) < 4.78 is 10.6. The van der Waals surface area contributed by atoms with Crippen LogP contribution in [-0.4, -0.2) is 55.8 Å². The lowest BCUT2D eigenvalue weighted by molar-refractivity contribution is 0.138. The fourth-order valence-electron chi connectivity index (χ4n) is 3.18. The lowest BCUT2D eigenvalue weighted by atomic mass is 9.98. The van der Waals surface area contributed by atoms with Gasteiger partial charge in [-0.3, -0.25) is 0 Å².